The highest BCUT2D eigenvalue weighted by Gasteiger charge is 2.21. The van der Waals surface area contributed by atoms with E-state index in [4.69, 9.17) is 26.3 Å². The average Bonchev–Trinajstić information content (AvgIpc) is 2.26. The van der Waals surface area contributed by atoms with Gasteiger partial charge in [-0.3, -0.25) is 0 Å². The first-order valence-corrected chi connectivity index (χ1v) is 4.75. The van der Waals surface area contributed by atoms with Gasteiger partial charge in [0, 0.05) is 12.1 Å². The van der Waals surface area contributed by atoms with E-state index in [1.54, 1.807) is 0 Å². The van der Waals surface area contributed by atoms with Crippen LogP contribution in [-0.4, -0.2) is 18.4 Å². The molecule has 0 atom stereocenters. The first kappa shape index (κ1) is 10.5. The summed E-state index contributed by atoms with van der Waals surface area (Å²) in [5.41, 5.74) is 2.09. The molecular formula is C9H9ClFNO3. The second-order valence-electron chi connectivity index (χ2n) is 3.02. The second-order valence-corrected chi connectivity index (χ2v) is 3.40. The van der Waals surface area contributed by atoms with E-state index >= 15 is 0 Å². The Bertz CT molecular complexity index is 386. The highest BCUT2D eigenvalue weighted by molar-refractivity contribution is 6.32. The van der Waals surface area contributed by atoms with E-state index in [-0.39, 0.29) is 22.9 Å². The Labute approximate surface area is 90.5 Å². The zero-order valence-corrected chi connectivity index (χ0v) is 8.47. The van der Waals surface area contributed by atoms with Gasteiger partial charge in [0.15, 0.2) is 11.5 Å². The van der Waals surface area contributed by atoms with Crippen LogP contribution in [0.4, 0.5) is 4.39 Å². The topological polar surface area (TPSA) is 50.7 Å². The molecule has 15 heavy (non-hydrogen) atoms. The lowest BCUT2D eigenvalue weighted by Crippen LogP contribution is -2.17. The van der Waals surface area contributed by atoms with Crippen LogP contribution in [-0.2, 0) is 6.54 Å². The fourth-order valence-electron chi connectivity index (χ4n) is 1.39. The quantitative estimate of drug-likeness (QED) is 0.764. The Balaban J connectivity index is 2.47. The number of hydroxylamine groups is 1. The van der Waals surface area contributed by atoms with Crippen LogP contribution < -0.4 is 15.0 Å². The molecule has 0 aliphatic carbocycles. The van der Waals surface area contributed by atoms with Gasteiger partial charge in [-0.25, -0.2) is 9.87 Å². The maximum atomic E-state index is 13.6. The van der Waals surface area contributed by atoms with E-state index in [9.17, 15) is 4.39 Å². The average molecular weight is 234 g/mol. The Morgan fingerprint density at radius 3 is 2.93 bits per heavy atom. The minimum atomic E-state index is -0.609. The summed E-state index contributed by atoms with van der Waals surface area (Å²) in [6.07, 6.45) is 0. The van der Waals surface area contributed by atoms with Gasteiger partial charge in [0.1, 0.15) is 24.1 Å². The van der Waals surface area contributed by atoms with Crippen LogP contribution in [0, 0.1) is 5.82 Å². The largest absolute Gasteiger partial charge is 0.486 e. The Morgan fingerprint density at radius 1 is 1.47 bits per heavy atom. The minimum absolute atomic E-state index is 0.0395. The van der Waals surface area contributed by atoms with Crippen molar-refractivity contribution in [2.24, 2.45) is 0 Å². The van der Waals surface area contributed by atoms with E-state index in [2.05, 4.69) is 0 Å². The molecule has 0 amide bonds. The summed E-state index contributed by atoms with van der Waals surface area (Å²) in [5, 5.41) is 8.39. The fraction of sp³-hybridized carbons (Fsp3) is 0.333. The summed E-state index contributed by atoms with van der Waals surface area (Å²) < 4.78 is 24.0. The lowest BCUT2D eigenvalue weighted by molar-refractivity contribution is 0.157. The van der Waals surface area contributed by atoms with Gasteiger partial charge in [-0.15, -0.1) is 0 Å². The van der Waals surface area contributed by atoms with Gasteiger partial charge in [0.2, 0.25) is 0 Å². The van der Waals surface area contributed by atoms with Crippen molar-refractivity contribution in [1.82, 2.24) is 5.48 Å². The molecule has 1 aliphatic rings. The van der Waals surface area contributed by atoms with Gasteiger partial charge in [-0.2, -0.15) is 0 Å². The highest BCUT2D eigenvalue weighted by Crippen LogP contribution is 2.40. The SMILES string of the molecule is ONCc1cc2c(c(Cl)c1F)OCCO2. The summed E-state index contributed by atoms with van der Waals surface area (Å²) in [6, 6.07) is 1.46. The van der Waals surface area contributed by atoms with Crippen LogP contribution in [0.25, 0.3) is 0 Å². The third kappa shape index (κ3) is 1.86. The molecule has 1 heterocycles. The Kier molecular flexibility index (Phi) is 2.95. The van der Waals surface area contributed by atoms with Crippen LogP contribution in [0.3, 0.4) is 0 Å². The number of hydrogen-bond acceptors (Lipinski definition) is 4. The van der Waals surface area contributed by atoms with Crippen molar-refractivity contribution in [3.05, 3.63) is 22.5 Å². The smallest absolute Gasteiger partial charge is 0.182 e. The summed E-state index contributed by atoms with van der Waals surface area (Å²) in [5.74, 6) is 0.0162. The Morgan fingerprint density at radius 2 is 2.20 bits per heavy atom. The molecule has 1 aromatic carbocycles. The summed E-state index contributed by atoms with van der Waals surface area (Å²) >= 11 is 5.76. The third-order valence-corrected chi connectivity index (χ3v) is 2.40. The minimum Gasteiger partial charge on any atom is -0.486 e. The van der Waals surface area contributed by atoms with Crippen LogP contribution in [0.1, 0.15) is 5.56 Å². The molecule has 4 nitrogen and oxygen atoms in total. The molecule has 0 saturated carbocycles. The predicted molar refractivity (Wildman–Crippen MR) is 51.0 cm³/mol. The van der Waals surface area contributed by atoms with Crippen molar-refractivity contribution >= 4 is 11.6 Å². The first-order chi connectivity index (χ1) is 7.24. The molecule has 0 unspecified atom stereocenters. The van der Waals surface area contributed by atoms with Crippen LogP contribution in [0.5, 0.6) is 11.5 Å². The monoisotopic (exact) mass is 233 g/mol. The molecule has 2 rings (SSSR count). The molecule has 0 bridgehead atoms. The molecule has 0 saturated heterocycles. The lowest BCUT2D eigenvalue weighted by Gasteiger charge is -2.20. The number of halogens is 2. The van der Waals surface area contributed by atoms with Gasteiger partial charge in [0.25, 0.3) is 0 Å². The van der Waals surface area contributed by atoms with Gasteiger partial charge >= 0.3 is 0 Å². The van der Waals surface area contributed by atoms with Crippen LogP contribution in [0.15, 0.2) is 6.07 Å². The van der Waals surface area contributed by atoms with Crippen molar-refractivity contribution in [2.75, 3.05) is 13.2 Å². The van der Waals surface area contributed by atoms with Crippen LogP contribution in [0.2, 0.25) is 5.02 Å². The molecule has 6 heteroatoms. The van der Waals surface area contributed by atoms with E-state index in [1.807, 2.05) is 5.48 Å². The van der Waals surface area contributed by atoms with E-state index in [0.717, 1.165) is 0 Å². The summed E-state index contributed by atoms with van der Waals surface area (Å²) in [6.45, 7) is 0.715. The van der Waals surface area contributed by atoms with Gasteiger partial charge in [0.05, 0.1) is 0 Å². The number of nitrogens with one attached hydrogen (secondary N) is 1. The van der Waals surface area contributed by atoms with Crippen molar-refractivity contribution in [3.8, 4) is 11.5 Å². The standard InChI is InChI=1S/C9H9ClFNO3/c10-7-8(11)5(4-12-13)3-6-9(7)15-2-1-14-6/h3,12-13H,1-2,4H2. The van der Waals surface area contributed by atoms with Crippen molar-refractivity contribution in [2.45, 2.75) is 6.54 Å². The van der Waals surface area contributed by atoms with E-state index in [1.165, 1.54) is 6.07 Å². The van der Waals surface area contributed by atoms with Crippen molar-refractivity contribution in [3.63, 3.8) is 0 Å². The molecule has 0 radical (unpaired) electrons. The van der Waals surface area contributed by atoms with Gasteiger partial charge < -0.3 is 14.7 Å². The van der Waals surface area contributed by atoms with Crippen molar-refractivity contribution < 1.29 is 19.1 Å². The number of fused-ring (bicyclic) bond motifs is 1. The molecular weight excluding hydrogens is 225 g/mol. The maximum Gasteiger partial charge on any atom is 0.182 e. The summed E-state index contributed by atoms with van der Waals surface area (Å²) in [4.78, 5) is 0. The second kappa shape index (κ2) is 4.22. The zero-order chi connectivity index (χ0) is 10.8. The predicted octanol–water partition coefficient (Wildman–Crippen LogP) is 1.73. The number of hydrogen-bond donors (Lipinski definition) is 2. The van der Waals surface area contributed by atoms with Crippen LogP contribution >= 0.6 is 11.6 Å². The normalized spacial score (nSPS) is 14.1. The molecule has 0 fully saturated rings. The first-order valence-electron chi connectivity index (χ1n) is 4.37. The van der Waals surface area contributed by atoms with E-state index in [0.29, 0.717) is 19.0 Å². The number of benzene rings is 1. The maximum absolute atomic E-state index is 13.6. The van der Waals surface area contributed by atoms with Gasteiger partial charge in [-0.05, 0) is 6.07 Å². The van der Waals surface area contributed by atoms with Gasteiger partial charge in [-0.1, -0.05) is 11.6 Å². The highest BCUT2D eigenvalue weighted by atomic mass is 35.5. The molecule has 1 aromatic rings. The zero-order valence-electron chi connectivity index (χ0n) is 7.72. The number of ether oxygens (including phenoxy) is 2. The molecule has 82 valence electrons. The summed E-state index contributed by atoms with van der Waals surface area (Å²) in [7, 11) is 0. The Hall–Kier alpha value is -1.04. The van der Waals surface area contributed by atoms with E-state index < -0.39 is 5.82 Å². The lowest BCUT2D eigenvalue weighted by atomic mass is 10.2. The fourth-order valence-corrected chi connectivity index (χ4v) is 1.66. The molecule has 1 aliphatic heterocycles. The molecule has 2 N–H and O–H groups in total. The molecule has 0 spiro atoms. The third-order valence-electron chi connectivity index (χ3n) is 2.06. The molecule has 0 aromatic heterocycles. The number of rotatable bonds is 2. The van der Waals surface area contributed by atoms with Crippen molar-refractivity contribution in [1.29, 1.82) is 0 Å².